The fourth-order valence-corrected chi connectivity index (χ4v) is 1.73. The highest BCUT2D eigenvalue weighted by atomic mass is 35.5. The fraction of sp³-hybridized carbons (Fsp3) is 0.143. The van der Waals surface area contributed by atoms with Gasteiger partial charge in [-0.3, -0.25) is 9.68 Å². The summed E-state index contributed by atoms with van der Waals surface area (Å²) in [6.07, 6.45) is 0. The predicted molar refractivity (Wildman–Crippen MR) is 75.0 cm³/mol. The largest absolute Gasteiger partial charge is 0.398 e. The number of nitrogen functional groups attached to an aromatic ring is 1. The van der Waals surface area contributed by atoms with Crippen LogP contribution in [0.1, 0.15) is 11.1 Å². The second-order valence-corrected chi connectivity index (χ2v) is 4.43. The summed E-state index contributed by atoms with van der Waals surface area (Å²) >= 11 is 5.87. The molecule has 0 amide bonds. The van der Waals surface area contributed by atoms with Crippen LogP contribution in [0.5, 0.6) is 0 Å². The number of nitrogens with one attached hydrogen (secondary N) is 1. The van der Waals surface area contributed by atoms with Gasteiger partial charge >= 0.3 is 0 Å². The number of anilines is 1. The Kier molecular flexibility index (Phi) is 5.18. The maximum Gasteiger partial charge on any atom is 0.0980 e. The van der Waals surface area contributed by atoms with Crippen molar-refractivity contribution in [2.75, 3.05) is 5.73 Å². The molecule has 0 saturated carbocycles. The van der Waals surface area contributed by atoms with Crippen LogP contribution >= 0.6 is 11.6 Å². The molecular weight excluding hydrogens is 264 g/mol. The molecule has 4 nitrogen and oxygen atoms in total. The summed E-state index contributed by atoms with van der Waals surface area (Å²) in [5, 5.41) is 0.623. The van der Waals surface area contributed by atoms with Crippen LogP contribution in [0.15, 0.2) is 48.5 Å². The van der Waals surface area contributed by atoms with Crippen LogP contribution in [-0.2, 0) is 22.9 Å². The van der Waals surface area contributed by atoms with Crippen molar-refractivity contribution in [2.24, 2.45) is 0 Å². The number of rotatable bonds is 6. The van der Waals surface area contributed by atoms with Gasteiger partial charge in [-0.25, -0.2) is 0 Å². The highest BCUT2D eigenvalue weighted by Gasteiger charge is 2.00. The Morgan fingerprint density at radius 2 is 1.74 bits per heavy atom. The van der Waals surface area contributed by atoms with Gasteiger partial charge < -0.3 is 5.73 Å². The lowest BCUT2D eigenvalue weighted by molar-refractivity contribution is -0.184. The summed E-state index contributed by atoms with van der Waals surface area (Å²) in [5.41, 5.74) is 10.7. The van der Waals surface area contributed by atoms with Crippen molar-refractivity contribution in [3.63, 3.8) is 0 Å². The zero-order chi connectivity index (χ0) is 13.5. The molecule has 0 unspecified atom stereocenters. The first kappa shape index (κ1) is 13.8. The van der Waals surface area contributed by atoms with E-state index in [2.05, 4.69) is 5.64 Å². The summed E-state index contributed by atoms with van der Waals surface area (Å²) < 4.78 is 0. The van der Waals surface area contributed by atoms with E-state index < -0.39 is 0 Å². The Bertz CT molecular complexity index is 520. The van der Waals surface area contributed by atoms with Gasteiger partial charge in [0.1, 0.15) is 0 Å². The van der Waals surface area contributed by atoms with Crippen molar-refractivity contribution < 1.29 is 9.68 Å². The number of hydrogen-bond donors (Lipinski definition) is 2. The molecule has 0 heterocycles. The zero-order valence-corrected chi connectivity index (χ0v) is 11.1. The molecule has 5 heteroatoms. The van der Waals surface area contributed by atoms with Crippen molar-refractivity contribution in [1.29, 1.82) is 0 Å². The Hall–Kier alpha value is -1.59. The van der Waals surface area contributed by atoms with Gasteiger partial charge in [0.25, 0.3) is 0 Å². The van der Waals surface area contributed by atoms with E-state index in [1.165, 1.54) is 0 Å². The monoisotopic (exact) mass is 278 g/mol. The van der Waals surface area contributed by atoms with E-state index in [1.807, 2.05) is 30.3 Å². The maximum atomic E-state index is 5.87. The molecule has 19 heavy (non-hydrogen) atoms. The van der Waals surface area contributed by atoms with Crippen molar-refractivity contribution in [3.8, 4) is 0 Å². The van der Waals surface area contributed by atoms with Crippen LogP contribution in [0.4, 0.5) is 5.69 Å². The molecule has 0 atom stereocenters. The molecule has 0 saturated heterocycles. The van der Waals surface area contributed by atoms with E-state index in [9.17, 15) is 0 Å². The van der Waals surface area contributed by atoms with E-state index in [1.54, 1.807) is 18.2 Å². The topological polar surface area (TPSA) is 56.5 Å². The number of nitrogens with two attached hydrogens (primary N) is 1. The third-order valence-electron chi connectivity index (χ3n) is 2.53. The molecule has 0 bridgehead atoms. The fourth-order valence-electron chi connectivity index (χ4n) is 1.54. The summed E-state index contributed by atoms with van der Waals surface area (Å²) in [6, 6.07) is 15.0. The average Bonchev–Trinajstić information content (AvgIpc) is 2.43. The van der Waals surface area contributed by atoms with E-state index in [0.717, 1.165) is 11.1 Å². The second kappa shape index (κ2) is 7.11. The maximum absolute atomic E-state index is 5.87. The first-order valence-corrected chi connectivity index (χ1v) is 6.20. The van der Waals surface area contributed by atoms with Crippen LogP contribution in [-0.4, -0.2) is 0 Å². The standard InChI is InChI=1S/C14H15ClN2O2/c15-13-6-7-14(16)12(8-13)10-19-17-18-9-11-4-2-1-3-5-11/h1-8,17H,9-10,16H2. The molecule has 0 aromatic heterocycles. The van der Waals surface area contributed by atoms with Gasteiger partial charge in [0.2, 0.25) is 0 Å². The molecular formula is C14H15ClN2O2. The van der Waals surface area contributed by atoms with Crippen LogP contribution in [0.3, 0.4) is 0 Å². The highest BCUT2D eigenvalue weighted by molar-refractivity contribution is 6.30. The molecule has 2 rings (SSSR count). The quantitative estimate of drug-likeness (QED) is 0.484. The van der Waals surface area contributed by atoms with Crippen LogP contribution in [0.2, 0.25) is 5.02 Å². The SMILES string of the molecule is Nc1ccc(Cl)cc1CONOCc1ccccc1. The smallest absolute Gasteiger partial charge is 0.0980 e. The van der Waals surface area contributed by atoms with Gasteiger partial charge in [0.05, 0.1) is 13.2 Å². The number of halogens is 1. The molecule has 0 radical (unpaired) electrons. The molecule has 0 spiro atoms. The number of benzene rings is 2. The lowest BCUT2D eigenvalue weighted by atomic mass is 10.2. The molecule has 0 aliphatic rings. The van der Waals surface area contributed by atoms with Crippen LogP contribution in [0, 0.1) is 0 Å². The van der Waals surface area contributed by atoms with Crippen molar-refractivity contribution in [3.05, 3.63) is 64.7 Å². The van der Waals surface area contributed by atoms with E-state index in [0.29, 0.717) is 17.3 Å². The van der Waals surface area contributed by atoms with E-state index in [-0.39, 0.29) is 6.61 Å². The van der Waals surface area contributed by atoms with Gasteiger partial charge in [-0.05, 0) is 23.8 Å². The van der Waals surface area contributed by atoms with Gasteiger partial charge in [-0.1, -0.05) is 47.6 Å². The van der Waals surface area contributed by atoms with Gasteiger partial charge in [0.15, 0.2) is 0 Å². The molecule has 3 N–H and O–H groups in total. The number of hydrogen-bond acceptors (Lipinski definition) is 4. The minimum absolute atomic E-state index is 0.279. The van der Waals surface area contributed by atoms with Crippen molar-refractivity contribution in [2.45, 2.75) is 13.2 Å². The first-order valence-electron chi connectivity index (χ1n) is 5.82. The predicted octanol–water partition coefficient (Wildman–Crippen LogP) is 3.08. The normalized spacial score (nSPS) is 10.6. The third kappa shape index (κ3) is 4.54. The Morgan fingerprint density at radius 3 is 2.53 bits per heavy atom. The first-order chi connectivity index (χ1) is 9.25. The zero-order valence-electron chi connectivity index (χ0n) is 10.3. The highest BCUT2D eigenvalue weighted by Crippen LogP contribution is 2.18. The van der Waals surface area contributed by atoms with Gasteiger partial charge in [-0.15, -0.1) is 0 Å². The minimum atomic E-state index is 0.279. The molecule has 100 valence electrons. The van der Waals surface area contributed by atoms with E-state index >= 15 is 0 Å². The van der Waals surface area contributed by atoms with Gasteiger partial charge in [0, 0.05) is 16.3 Å². The molecule has 2 aromatic rings. The molecule has 0 aliphatic carbocycles. The summed E-state index contributed by atoms with van der Waals surface area (Å²) in [7, 11) is 0. The third-order valence-corrected chi connectivity index (χ3v) is 2.77. The Balaban J connectivity index is 1.71. The molecule has 0 aliphatic heterocycles. The minimum Gasteiger partial charge on any atom is -0.398 e. The van der Waals surface area contributed by atoms with Crippen molar-refractivity contribution >= 4 is 17.3 Å². The van der Waals surface area contributed by atoms with Crippen LogP contribution in [0.25, 0.3) is 0 Å². The Labute approximate surface area is 117 Å². The summed E-state index contributed by atoms with van der Waals surface area (Å²) in [4.78, 5) is 10.3. The van der Waals surface area contributed by atoms with E-state index in [4.69, 9.17) is 27.0 Å². The lowest BCUT2D eigenvalue weighted by Crippen LogP contribution is -2.15. The molecule has 2 aromatic carbocycles. The average molecular weight is 279 g/mol. The lowest BCUT2D eigenvalue weighted by Gasteiger charge is -2.08. The second-order valence-electron chi connectivity index (χ2n) is 3.99. The summed E-state index contributed by atoms with van der Waals surface area (Å²) in [6.45, 7) is 0.701. The molecule has 0 fully saturated rings. The van der Waals surface area contributed by atoms with Crippen LogP contribution < -0.4 is 11.4 Å². The van der Waals surface area contributed by atoms with Gasteiger partial charge in [-0.2, -0.15) is 0 Å². The van der Waals surface area contributed by atoms with Crippen molar-refractivity contribution in [1.82, 2.24) is 5.64 Å². The summed E-state index contributed by atoms with van der Waals surface area (Å²) in [5.74, 6) is 0. The Morgan fingerprint density at radius 1 is 1.00 bits per heavy atom.